The molecule has 2 aromatic rings. The van der Waals surface area contributed by atoms with Gasteiger partial charge < -0.3 is 15.4 Å². The zero-order chi connectivity index (χ0) is 13.1. The molecule has 2 aromatic heterocycles. The molecule has 0 aliphatic rings. The molecule has 18 heavy (non-hydrogen) atoms. The molecule has 0 bridgehead atoms. The predicted octanol–water partition coefficient (Wildman–Crippen LogP) is 2.18. The lowest BCUT2D eigenvalue weighted by molar-refractivity contribution is 0.0697. The Balaban J connectivity index is 2.52. The number of aromatic nitrogens is 3. The molecule has 6 heteroatoms. The zero-order valence-corrected chi connectivity index (χ0v) is 10.4. The molecular weight excluding hydrogens is 232 g/mol. The summed E-state index contributed by atoms with van der Waals surface area (Å²) in [5, 5.41) is 12.4. The van der Waals surface area contributed by atoms with E-state index in [9.17, 15) is 9.90 Å². The maximum Gasteiger partial charge on any atom is 0.339 e. The Morgan fingerprint density at radius 3 is 3.00 bits per heavy atom. The molecule has 0 amide bonds. The van der Waals surface area contributed by atoms with E-state index < -0.39 is 5.97 Å². The van der Waals surface area contributed by atoms with Crippen LogP contribution in [0.25, 0.3) is 11.2 Å². The quantitative estimate of drug-likeness (QED) is 0.705. The third kappa shape index (κ3) is 2.13. The Labute approximate surface area is 104 Å². The highest BCUT2D eigenvalue weighted by Crippen LogP contribution is 2.26. The van der Waals surface area contributed by atoms with Crippen molar-refractivity contribution in [1.29, 1.82) is 0 Å². The molecule has 6 nitrogen and oxygen atoms in total. The Morgan fingerprint density at radius 1 is 1.56 bits per heavy atom. The Bertz CT molecular complexity index is 577. The smallest absolute Gasteiger partial charge is 0.339 e. The molecule has 0 aliphatic carbocycles. The number of anilines is 1. The van der Waals surface area contributed by atoms with Crippen LogP contribution in [0, 0.1) is 6.92 Å². The summed E-state index contributed by atoms with van der Waals surface area (Å²) in [5.41, 5.74) is 2.43. The third-order valence-corrected chi connectivity index (χ3v) is 2.79. The van der Waals surface area contributed by atoms with Gasteiger partial charge in [0.15, 0.2) is 5.65 Å². The van der Waals surface area contributed by atoms with Gasteiger partial charge >= 0.3 is 5.97 Å². The molecule has 96 valence electrons. The maximum atomic E-state index is 11.3. The fraction of sp³-hybridized carbons (Fsp3) is 0.417. The van der Waals surface area contributed by atoms with Gasteiger partial charge in [0, 0.05) is 6.54 Å². The van der Waals surface area contributed by atoms with Crippen molar-refractivity contribution in [1.82, 2.24) is 15.0 Å². The number of pyridine rings is 1. The van der Waals surface area contributed by atoms with Crippen molar-refractivity contribution >= 4 is 22.8 Å². The van der Waals surface area contributed by atoms with Crippen LogP contribution in [0.4, 0.5) is 5.69 Å². The van der Waals surface area contributed by atoms with Crippen LogP contribution >= 0.6 is 0 Å². The number of imidazole rings is 1. The van der Waals surface area contributed by atoms with E-state index in [0.29, 0.717) is 22.5 Å². The van der Waals surface area contributed by atoms with Crippen molar-refractivity contribution in [2.24, 2.45) is 0 Å². The minimum absolute atomic E-state index is 0.200. The van der Waals surface area contributed by atoms with E-state index >= 15 is 0 Å². The molecule has 2 heterocycles. The van der Waals surface area contributed by atoms with Gasteiger partial charge in [-0.05, 0) is 13.3 Å². The number of hydrogen-bond donors (Lipinski definition) is 3. The van der Waals surface area contributed by atoms with E-state index in [0.717, 1.165) is 19.4 Å². The predicted molar refractivity (Wildman–Crippen MR) is 69.0 cm³/mol. The van der Waals surface area contributed by atoms with E-state index in [1.807, 2.05) is 0 Å². The number of aryl methyl sites for hydroxylation is 1. The molecule has 0 spiro atoms. The molecule has 0 radical (unpaired) electrons. The minimum Gasteiger partial charge on any atom is -0.478 e. The second-order valence-electron chi connectivity index (χ2n) is 4.13. The first-order chi connectivity index (χ1) is 8.65. The fourth-order valence-electron chi connectivity index (χ4n) is 1.90. The summed E-state index contributed by atoms with van der Waals surface area (Å²) in [6, 6.07) is 0. The van der Waals surface area contributed by atoms with Crippen LogP contribution in [0.3, 0.4) is 0 Å². The van der Waals surface area contributed by atoms with Crippen molar-refractivity contribution in [2.45, 2.75) is 26.7 Å². The van der Waals surface area contributed by atoms with Crippen LogP contribution in [0.5, 0.6) is 0 Å². The summed E-state index contributed by atoms with van der Waals surface area (Å²) >= 11 is 0. The highest BCUT2D eigenvalue weighted by atomic mass is 16.4. The van der Waals surface area contributed by atoms with Crippen LogP contribution in [0.2, 0.25) is 0 Å². The summed E-state index contributed by atoms with van der Waals surface area (Å²) < 4.78 is 0. The van der Waals surface area contributed by atoms with Gasteiger partial charge in [-0.3, -0.25) is 0 Å². The van der Waals surface area contributed by atoms with Crippen LogP contribution in [0.15, 0.2) is 6.33 Å². The normalized spacial score (nSPS) is 10.8. The van der Waals surface area contributed by atoms with Crippen molar-refractivity contribution in [3.8, 4) is 0 Å². The molecular formula is C12H16N4O2. The van der Waals surface area contributed by atoms with Crippen molar-refractivity contribution in [3.63, 3.8) is 0 Å². The topological polar surface area (TPSA) is 90.9 Å². The van der Waals surface area contributed by atoms with Crippen molar-refractivity contribution < 1.29 is 9.90 Å². The van der Waals surface area contributed by atoms with Gasteiger partial charge in [-0.1, -0.05) is 13.3 Å². The molecule has 0 saturated heterocycles. The molecule has 0 saturated carbocycles. The Morgan fingerprint density at radius 2 is 2.33 bits per heavy atom. The van der Waals surface area contributed by atoms with E-state index in [-0.39, 0.29) is 5.56 Å². The van der Waals surface area contributed by atoms with Gasteiger partial charge in [-0.25, -0.2) is 14.8 Å². The van der Waals surface area contributed by atoms with Crippen LogP contribution in [-0.4, -0.2) is 32.6 Å². The number of aromatic carboxylic acids is 1. The van der Waals surface area contributed by atoms with E-state index in [1.165, 1.54) is 6.33 Å². The van der Waals surface area contributed by atoms with Gasteiger partial charge in [-0.2, -0.15) is 0 Å². The number of carbonyl (C=O) groups is 1. The van der Waals surface area contributed by atoms with Gasteiger partial charge in [0.2, 0.25) is 0 Å². The number of H-pyrrole nitrogens is 1. The molecule has 0 unspecified atom stereocenters. The third-order valence-electron chi connectivity index (χ3n) is 2.79. The lowest BCUT2D eigenvalue weighted by Crippen LogP contribution is -2.11. The standard InChI is InChI=1S/C12H16N4O2/c1-3-4-5-13-9-8(12(17)18)7(2)16-11-10(9)14-6-15-11/h6H,3-5H2,1-2H3,(H,17,18)(H2,13,14,15,16). The molecule has 0 aromatic carbocycles. The summed E-state index contributed by atoms with van der Waals surface area (Å²) in [6.07, 6.45) is 3.54. The number of rotatable bonds is 5. The lowest BCUT2D eigenvalue weighted by Gasteiger charge is -2.11. The van der Waals surface area contributed by atoms with Gasteiger partial charge in [0.1, 0.15) is 11.1 Å². The first kappa shape index (κ1) is 12.3. The van der Waals surface area contributed by atoms with Crippen LogP contribution in [-0.2, 0) is 0 Å². The van der Waals surface area contributed by atoms with Gasteiger partial charge in [-0.15, -0.1) is 0 Å². The van der Waals surface area contributed by atoms with Crippen LogP contribution < -0.4 is 5.32 Å². The molecule has 2 rings (SSSR count). The highest BCUT2D eigenvalue weighted by Gasteiger charge is 2.19. The number of unbranched alkanes of at least 4 members (excludes halogenated alkanes) is 1. The van der Waals surface area contributed by atoms with Gasteiger partial charge in [0.25, 0.3) is 0 Å². The van der Waals surface area contributed by atoms with Crippen molar-refractivity contribution in [3.05, 3.63) is 17.6 Å². The highest BCUT2D eigenvalue weighted by molar-refractivity contribution is 6.03. The molecule has 0 fully saturated rings. The first-order valence-electron chi connectivity index (χ1n) is 5.96. The van der Waals surface area contributed by atoms with E-state index in [2.05, 4.69) is 27.2 Å². The number of nitrogens with one attached hydrogen (secondary N) is 2. The second-order valence-corrected chi connectivity index (χ2v) is 4.13. The number of nitrogens with zero attached hydrogens (tertiary/aromatic N) is 2. The number of carboxylic acids is 1. The van der Waals surface area contributed by atoms with E-state index in [1.54, 1.807) is 6.92 Å². The molecule has 3 N–H and O–H groups in total. The van der Waals surface area contributed by atoms with Crippen LogP contribution in [0.1, 0.15) is 35.8 Å². The maximum absolute atomic E-state index is 11.3. The molecule has 0 aliphatic heterocycles. The minimum atomic E-state index is -0.983. The first-order valence-corrected chi connectivity index (χ1v) is 5.96. The Hall–Kier alpha value is -2.11. The number of hydrogen-bond acceptors (Lipinski definition) is 4. The number of carboxylic acid groups (broad SMARTS) is 1. The lowest BCUT2D eigenvalue weighted by atomic mass is 10.1. The summed E-state index contributed by atoms with van der Waals surface area (Å²) in [4.78, 5) is 22.6. The Kier molecular flexibility index (Phi) is 3.45. The fourth-order valence-corrected chi connectivity index (χ4v) is 1.90. The SMILES string of the molecule is CCCCNc1c(C(=O)O)c(C)nc2[nH]cnc12. The summed E-state index contributed by atoms with van der Waals surface area (Å²) in [6.45, 7) is 4.50. The molecule has 0 atom stereocenters. The average molecular weight is 248 g/mol. The average Bonchev–Trinajstić information content (AvgIpc) is 2.76. The number of aromatic amines is 1. The monoisotopic (exact) mass is 248 g/mol. The largest absolute Gasteiger partial charge is 0.478 e. The summed E-state index contributed by atoms with van der Waals surface area (Å²) in [7, 11) is 0. The zero-order valence-electron chi connectivity index (χ0n) is 10.4. The number of fused-ring (bicyclic) bond motifs is 1. The second kappa shape index (κ2) is 5.03. The van der Waals surface area contributed by atoms with E-state index in [4.69, 9.17) is 0 Å². The van der Waals surface area contributed by atoms with Crippen molar-refractivity contribution in [2.75, 3.05) is 11.9 Å². The van der Waals surface area contributed by atoms with Gasteiger partial charge in [0.05, 0.1) is 17.7 Å². The summed E-state index contributed by atoms with van der Waals surface area (Å²) in [5.74, 6) is -0.983.